The molecule has 0 amide bonds. The fraction of sp³-hybridized carbons (Fsp3) is 0.500. The predicted octanol–water partition coefficient (Wildman–Crippen LogP) is 2.76. The highest BCUT2D eigenvalue weighted by atomic mass is 127. The Morgan fingerprint density at radius 1 is 1.37 bits per heavy atom. The number of benzene rings is 1. The minimum Gasteiger partial charge on any atom is -0.496 e. The summed E-state index contributed by atoms with van der Waals surface area (Å²) in [4.78, 5) is 4.30. The Morgan fingerprint density at radius 2 is 2.05 bits per heavy atom. The van der Waals surface area contributed by atoms with E-state index in [9.17, 15) is 0 Å². The van der Waals surface area contributed by atoms with Gasteiger partial charge in [0.15, 0.2) is 5.96 Å². The number of halogens is 1. The van der Waals surface area contributed by atoms with Crippen molar-refractivity contribution in [1.82, 2.24) is 5.32 Å². The molecule has 5 heteroatoms. The van der Waals surface area contributed by atoms with Gasteiger partial charge in [0.05, 0.1) is 13.7 Å². The molecule has 1 aromatic carbocycles. The lowest BCUT2D eigenvalue weighted by Gasteiger charge is -2.08. The van der Waals surface area contributed by atoms with Gasteiger partial charge in [0, 0.05) is 12.1 Å². The maximum Gasteiger partial charge on any atom is 0.188 e. The number of guanidine groups is 1. The second-order valence-electron chi connectivity index (χ2n) is 4.62. The lowest BCUT2D eigenvalue weighted by atomic mass is 10.1. The zero-order valence-electron chi connectivity index (χ0n) is 11.8. The van der Waals surface area contributed by atoms with Gasteiger partial charge < -0.3 is 15.8 Å². The van der Waals surface area contributed by atoms with Crippen molar-refractivity contribution in [3.63, 3.8) is 0 Å². The molecule has 0 unspecified atom stereocenters. The first-order valence-electron chi connectivity index (χ1n) is 6.29. The first-order chi connectivity index (χ1) is 8.63. The molecule has 0 saturated heterocycles. The molecular weight excluding hydrogens is 353 g/mol. The van der Waals surface area contributed by atoms with E-state index in [2.05, 4.69) is 24.2 Å². The topological polar surface area (TPSA) is 59.6 Å². The fourth-order valence-electron chi connectivity index (χ4n) is 1.55. The number of hydrogen-bond acceptors (Lipinski definition) is 2. The summed E-state index contributed by atoms with van der Waals surface area (Å²) < 4.78 is 5.26. The summed E-state index contributed by atoms with van der Waals surface area (Å²) in [6.07, 6.45) is 1.09. The summed E-state index contributed by atoms with van der Waals surface area (Å²) in [5.74, 6) is 2.00. The number of rotatable bonds is 6. The molecule has 0 aromatic heterocycles. The van der Waals surface area contributed by atoms with Crippen LogP contribution in [0.15, 0.2) is 29.3 Å². The van der Waals surface area contributed by atoms with Gasteiger partial charge in [-0.2, -0.15) is 0 Å². The molecule has 108 valence electrons. The third-order valence-electron chi connectivity index (χ3n) is 2.64. The second kappa shape index (κ2) is 9.89. The molecule has 1 aromatic rings. The van der Waals surface area contributed by atoms with E-state index in [0.717, 1.165) is 24.3 Å². The molecule has 4 nitrogen and oxygen atoms in total. The Bertz CT molecular complexity index is 394. The van der Waals surface area contributed by atoms with Crippen LogP contribution in [0.25, 0.3) is 0 Å². The van der Waals surface area contributed by atoms with E-state index < -0.39 is 0 Å². The van der Waals surface area contributed by atoms with Crippen molar-refractivity contribution in [2.45, 2.75) is 26.8 Å². The van der Waals surface area contributed by atoms with Crippen molar-refractivity contribution >= 4 is 29.9 Å². The summed E-state index contributed by atoms with van der Waals surface area (Å²) in [5, 5.41) is 3.11. The average Bonchev–Trinajstić information content (AvgIpc) is 2.36. The Morgan fingerprint density at radius 3 is 2.68 bits per heavy atom. The lowest BCUT2D eigenvalue weighted by molar-refractivity contribution is 0.410. The summed E-state index contributed by atoms with van der Waals surface area (Å²) in [7, 11) is 1.66. The minimum absolute atomic E-state index is 0. The molecule has 0 atom stereocenters. The summed E-state index contributed by atoms with van der Waals surface area (Å²) in [5.41, 5.74) is 6.83. The van der Waals surface area contributed by atoms with Crippen LogP contribution in [0.4, 0.5) is 0 Å². The van der Waals surface area contributed by atoms with E-state index in [1.807, 2.05) is 24.3 Å². The Hall–Kier alpha value is -0.980. The number of aliphatic imine (C=N–C) groups is 1. The van der Waals surface area contributed by atoms with Gasteiger partial charge in [-0.25, -0.2) is 4.99 Å². The predicted molar refractivity (Wildman–Crippen MR) is 91.2 cm³/mol. The minimum atomic E-state index is 0. The third kappa shape index (κ3) is 7.25. The summed E-state index contributed by atoms with van der Waals surface area (Å²) >= 11 is 0. The van der Waals surface area contributed by atoms with Gasteiger partial charge in [0.25, 0.3) is 0 Å². The second-order valence-corrected chi connectivity index (χ2v) is 4.62. The molecule has 3 N–H and O–H groups in total. The van der Waals surface area contributed by atoms with E-state index >= 15 is 0 Å². The molecule has 0 spiro atoms. The molecular formula is C14H24IN3O. The highest BCUT2D eigenvalue weighted by molar-refractivity contribution is 14.0. The molecule has 0 aliphatic heterocycles. The summed E-state index contributed by atoms with van der Waals surface area (Å²) in [6.45, 7) is 5.76. The van der Waals surface area contributed by atoms with E-state index in [1.54, 1.807) is 7.11 Å². The van der Waals surface area contributed by atoms with Gasteiger partial charge in [-0.1, -0.05) is 32.0 Å². The van der Waals surface area contributed by atoms with Gasteiger partial charge in [0.2, 0.25) is 0 Å². The van der Waals surface area contributed by atoms with Crippen molar-refractivity contribution in [1.29, 1.82) is 0 Å². The smallest absolute Gasteiger partial charge is 0.188 e. The number of hydrogen-bond donors (Lipinski definition) is 2. The van der Waals surface area contributed by atoms with Crippen molar-refractivity contribution in [3.8, 4) is 5.75 Å². The van der Waals surface area contributed by atoms with Crippen LogP contribution in [-0.2, 0) is 6.54 Å². The molecule has 0 heterocycles. The number of para-hydroxylation sites is 1. The van der Waals surface area contributed by atoms with E-state index in [0.29, 0.717) is 18.4 Å². The van der Waals surface area contributed by atoms with E-state index in [4.69, 9.17) is 10.5 Å². The van der Waals surface area contributed by atoms with Crippen molar-refractivity contribution in [2.24, 2.45) is 16.6 Å². The van der Waals surface area contributed by atoms with Crippen LogP contribution in [0.5, 0.6) is 5.75 Å². The quantitative estimate of drug-likeness (QED) is 0.455. The Kier molecular flexibility index (Phi) is 9.38. The summed E-state index contributed by atoms with van der Waals surface area (Å²) in [6, 6.07) is 7.82. The van der Waals surface area contributed by atoms with Gasteiger partial charge in [0.1, 0.15) is 5.75 Å². The lowest BCUT2D eigenvalue weighted by Crippen LogP contribution is -2.32. The Balaban J connectivity index is 0.00000324. The Labute approximate surface area is 132 Å². The molecule has 1 rings (SSSR count). The molecule has 0 fully saturated rings. The largest absolute Gasteiger partial charge is 0.496 e. The van der Waals surface area contributed by atoms with Gasteiger partial charge in [-0.15, -0.1) is 24.0 Å². The zero-order chi connectivity index (χ0) is 13.4. The maximum absolute atomic E-state index is 5.80. The van der Waals surface area contributed by atoms with Crippen molar-refractivity contribution < 1.29 is 4.74 Å². The molecule has 19 heavy (non-hydrogen) atoms. The first kappa shape index (κ1) is 18.0. The number of nitrogens with one attached hydrogen (secondary N) is 1. The number of nitrogens with two attached hydrogens (primary N) is 1. The van der Waals surface area contributed by atoms with Crippen LogP contribution in [0.2, 0.25) is 0 Å². The van der Waals surface area contributed by atoms with Crippen LogP contribution in [0.3, 0.4) is 0 Å². The first-order valence-corrected chi connectivity index (χ1v) is 6.29. The highest BCUT2D eigenvalue weighted by Gasteiger charge is 2.00. The number of nitrogens with zero attached hydrogens (tertiary/aromatic N) is 1. The van der Waals surface area contributed by atoms with Gasteiger partial charge in [-0.3, -0.25) is 0 Å². The van der Waals surface area contributed by atoms with Crippen LogP contribution >= 0.6 is 24.0 Å². The zero-order valence-corrected chi connectivity index (χ0v) is 14.2. The fourth-order valence-corrected chi connectivity index (χ4v) is 1.55. The monoisotopic (exact) mass is 377 g/mol. The van der Waals surface area contributed by atoms with Crippen LogP contribution in [-0.4, -0.2) is 19.6 Å². The standard InChI is InChI=1S/C14H23N3O.HI/c1-11(2)8-9-16-14(15)17-10-12-6-4-5-7-13(12)18-3;/h4-7,11H,8-10H2,1-3H3,(H3,15,16,17);1H. The highest BCUT2D eigenvalue weighted by Crippen LogP contribution is 2.17. The van der Waals surface area contributed by atoms with Gasteiger partial charge >= 0.3 is 0 Å². The molecule has 0 saturated carbocycles. The normalized spacial score (nSPS) is 11.1. The van der Waals surface area contributed by atoms with Crippen LogP contribution < -0.4 is 15.8 Å². The third-order valence-corrected chi connectivity index (χ3v) is 2.64. The SMILES string of the molecule is COc1ccccc1CN=C(N)NCCC(C)C.I. The molecule has 0 bridgehead atoms. The van der Waals surface area contributed by atoms with E-state index in [-0.39, 0.29) is 24.0 Å². The molecule has 0 aliphatic rings. The van der Waals surface area contributed by atoms with Crippen LogP contribution in [0, 0.1) is 5.92 Å². The van der Waals surface area contributed by atoms with Crippen molar-refractivity contribution in [3.05, 3.63) is 29.8 Å². The average molecular weight is 377 g/mol. The van der Waals surface area contributed by atoms with Crippen molar-refractivity contribution in [2.75, 3.05) is 13.7 Å². The maximum atomic E-state index is 5.80. The number of ether oxygens (including phenoxy) is 1. The van der Waals surface area contributed by atoms with Crippen LogP contribution in [0.1, 0.15) is 25.8 Å². The van der Waals surface area contributed by atoms with E-state index in [1.165, 1.54) is 0 Å². The molecule has 0 aliphatic carbocycles. The number of methoxy groups -OCH3 is 1. The van der Waals surface area contributed by atoms with Gasteiger partial charge in [-0.05, 0) is 18.4 Å². The molecule has 0 radical (unpaired) electrons.